The van der Waals surface area contributed by atoms with E-state index in [-0.39, 0.29) is 6.10 Å². The van der Waals surface area contributed by atoms with E-state index in [1.807, 2.05) is 12.2 Å². The number of carboxylic acids is 1. The van der Waals surface area contributed by atoms with E-state index in [9.17, 15) is 15.0 Å². The second-order valence-corrected chi connectivity index (χ2v) is 4.38. The topological polar surface area (TPSA) is 57.5 Å². The molecule has 0 aliphatic heterocycles. The zero-order valence-corrected chi connectivity index (χ0v) is 9.28. The molecule has 0 aromatic rings. The Balaban J connectivity index is 2.67. The molecular weight excluding hydrogens is 192 g/mol. The van der Waals surface area contributed by atoms with Crippen LogP contribution in [-0.4, -0.2) is 22.3 Å². The first kappa shape index (κ1) is 12.2. The summed E-state index contributed by atoms with van der Waals surface area (Å²) < 4.78 is 0. The average Bonchev–Trinajstić information content (AvgIpc) is 2.21. The fourth-order valence-corrected chi connectivity index (χ4v) is 2.05. The Labute approximate surface area is 90.8 Å². The lowest BCUT2D eigenvalue weighted by Crippen LogP contribution is -2.35. The van der Waals surface area contributed by atoms with E-state index in [1.54, 1.807) is 0 Å². The summed E-state index contributed by atoms with van der Waals surface area (Å²) in [4.78, 5) is 11.2. The van der Waals surface area contributed by atoms with Crippen molar-refractivity contribution < 1.29 is 15.0 Å². The SMILES string of the molecule is CCC/C=C/C1(C(=O)O)CCC(O)CC1. The number of aliphatic hydroxyl groups is 1. The summed E-state index contributed by atoms with van der Waals surface area (Å²) in [6.07, 6.45) is 7.78. The number of aliphatic carboxylic acids is 1. The van der Waals surface area contributed by atoms with Gasteiger partial charge in [-0.25, -0.2) is 0 Å². The maximum absolute atomic E-state index is 11.2. The molecule has 0 atom stereocenters. The summed E-state index contributed by atoms with van der Waals surface area (Å²) in [7, 11) is 0. The monoisotopic (exact) mass is 212 g/mol. The quantitative estimate of drug-likeness (QED) is 0.703. The first-order valence-electron chi connectivity index (χ1n) is 5.70. The van der Waals surface area contributed by atoms with E-state index in [0.717, 1.165) is 12.8 Å². The molecular formula is C12H20O3. The normalized spacial score (nSPS) is 32.0. The summed E-state index contributed by atoms with van der Waals surface area (Å²) in [5.41, 5.74) is -0.714. The van der Waals surface area contributed by atoms with Gasteiger partial charge < -0.3 is 10.2 Å². The smallest absolute Gasteiger partial charge is 0.313 e. The highest BCUT2D eigenvalue weighted by Crippen LogP contribution is 2.38. The lowest BCUT2D eigenvalue weighted by atomic mass is 9.73. The third-order valence-electron chi connectivity index (χ3n) is 3.17. The molecule has 86 valence electrons. The molecule has 1 saturated carbocycles. The Morgan fingerprint density at radius 1 is 1.47 bits per heavy atom. The second kappa shape index (κ2) is 5.31. The van der Waals surface area contributed by atoms with Crippen LogP contribution in [0.25, 0.3) is 0 Å². The molecule has 0 heterocycles. The Hall–Kier alpha value is -0.830. The first-order chi connectivity index (χ1) is 7.10. The van der Waals surface area contributed by atoms with Crippen molar-refractivity contribution in [3.63, 3.8) is 0 Å². The van der Waals surface area contributed by atoms with Gasteiger partial charge in [0.1, 0.15) is 0 Å². The molecule has 0 amide bonds. The minimum absolute atomic E-state index is 0.308. The minimum atomic E-state index is -0.748. The number of rotatable bonds is 4. The number of allylic oxidation sites excluding steroid dienone is 1. The van der Waals surface area contributed by atoms with Crippen LogP contribution in [0.15, 0.2) is 12.2 Å². The largest absolute Gasteiger partial charge is 0.481 e. The molecule has 0 aromatic carbocycles. The third-order valence-corrected chi connectivity index (χ3v) is 3.17. The number of aliphatic hydroxyl groups excluding tert-OH is 1. The third kappa shape index (κ3) is 3.06. The van der Waals surface area contributed by atoms with Crippen molar-refractivity contribution in [3.8, 4) is 0 Å². The van der Waals surface area contributed by atoms with Crippen molar-refractivity contribution >= 4 is 5.97 Å². The van der Waals surface area contributed by atoms with Crippen molar-refractivity contribution in [2.75, 3.05) is 0 Å². The molecule has 0 spiro atoms. The van der Waals surface area contributed by atoms with Crippen LogP contribution in [0.1, 0.15) is 45.4 Å². The molecule has 0 unspecified atom stereocenters. The summed E-state index contributed by atoms with van der Waals surface area (Å²) in [6, 6.07) is 0. The molecule has 2 N–H and O–H groups in total. The maximum Gasteiger partial charge on any atom is 0.313 e. The van der Waals surface area contributed by atoms with Crippen LogP contribution in [0.5, 0.6) is 0 Å². The van der Waals surface area contributed by atoms with Crippen LogP contribution in [0.4, 0.5) is 0 Å². The van der Waals surface area contributed by atoms with Crippen LogP contribution < -0.4 is 0 Å². The van der Waals surface area contributed by atoms with Crippen molar-refractivity contribution in [1.82, 2.24) is 0 Å². The van der Waals surface area contributed by atoms with E-state index in [0.29, 0.717) is 25.7 Å². The van der Waals surface area contributed by atoms with Crippen LogP contribution >= 0.6 is 0 Å². The van der Waals surface area contributed by atoms with Crippen molar-refractivity contribution in [2.24, 2.45) is 5.41 Å². The lowest BCUT2D eigenvalue weighted by Gasteiger charge is -2.32. The fraction of sp³-hybridized carbons (Fsp3) is 0.750. The molecule has 3 heteroatoms. The van der Waals surface area contributed by atoms with Crippen molar-refractivity contribution in [2.45, 2.75) is 51.6 Å². The maximum atomic E-state index is 11.2. The van der Waals surface area contributed by atoms with E-state index in [2.05, 4.69) is 6.92 Å². The number of carboxylic acid groups (broad SMARTS) is 1. The van der Waals surface area contributed by atoms with Crippen LogP contribution in [0.3, 0.4) is 0 Å². The number of hydrogen-bond donors (Lipinski definition) is 2. The molecule has 3 nitrogen and oxygen atoms in total. The van der Waals surface area contributed by atoms with Gasteiger partial charge in [-0.3, -0.25) is 4.79 Å². The minimum Gasteiger partial charge on any atom is -0.481 e. The van der Waals surface area contributed by atoms with Crippen LogP contribution in [0.2, 0.25) is 0 Å². The fourth-order valence-electron chi connectivity index (χ4n) is 2.05. The van der Waals surface area contributed by atoms with Gasteiger partial charge in [0.15, 0.2) is 0 Å². The molecule has 1 aliphatic carbocycles. The second-order valence-electron chi connectivity index (χ2n) is 4.38. The summed E-state index contributed by atoms with van der Waals surface area (Å²) in [5.74, 6) is -0.748. The van der Waals surface area contributed by atoms with Gasteiger partial charge in [0.2, 0.25) is 0 Å². The molecule has 0 saturated heterocycles. The highest BCUT2D eigenvalue weighted by atomic mass is 16.4. The average molecular weight is 212 g/mol. The van der Waals surface area contributed by atoms with Crippen LogP contribution in [-0.2, 0) is 4.79 Å². The van der Waals surface area contributed by atoms with Crippen molar-refractivity contribution in [1.29, 1.82) is 0 Å². The number of carbonyl (C=O) groups is 1. The number of unbranched alkanes of at least 4 members (excludes halogenated alkanes) is 1. The number of hydrogen-bond acceptors (Lipinski definition) is 2. The van der Waals surface area contributed by atoms with Gasteiger partial charge in [-0.1, -0.05) is 25.5 Å². The zero-order chi connectivity index (χ0) is 11.3. The van der Waals surface area contributed by atoms with Crippen molar-refractivity contribution in [3.05, 3.63) is 12.2 Å². The molecule has 0 radical (unpaired) electrons. The van der Waals surface area contributed by atoms with Gasteiger partial charge in [0, 0.05) is 0 Å². The Kier molecular flexibility index (Phi) is 4.33. The Morgan fingerprint density at radius 3 is 2.53 bits per heavy atom. The highest BCUT2D eigenvalue weighted by molar-refractivity contribution is 5.77. The predicted octanol–water partition coefficient (Wildman–Crippen LogP) is 2.35. The predicted molar refractivity (Wildman–Crippen MR) is 58.6 cm³/mol. The van der Waals surface area contributed by atoms with E-state index in [1.165, 1.54) is 0 Å². The molecule has 1 fully saturated rings. The summed E-state index contributed by atoms with van der Waals surface area (Å²) in [6.45, 7) is 2.07. The molecule has 1 aliphatic rings. The highest BCUT2D eigenvalue weighted by Gasteiger charge is 2.39. The van der Waals surface area contributed by atoms with Crippen LogP contribution in [0, 0.1) is 5.41 Å². The molecule has 0 aromatic heterocycles. The Bertz CT molecular complexity index is 237. The Morgan fingerprint density at radius 2 is 2.07 bits per heavy atom. The molecule has 1 rings (SSSR count). The van der Waals surface area contributed by atoms with Gasteiger partial charge in [-0.15, -0.1) is 0 Å². The molecule has 0 bridgehead atoms. The van der Waals surface area contributed by atoms with E-state index < -0.39 is 11.4 Å². The van der Waals surface area contributed by atoms with E-state index in [4.69, 9.17) is 0 Å². The van der Waals surface area contributed by atoms with Gasteiger partial charge in [0.25, 0.3) is 0 Å². The summed E-state index contributed by atoms with van der Waals surface area (Å²) >= 11 is 0. The van der Waals surface area contributed by atoms with Gasteiger partial charge in [-0.2, -0.15) is 0 Å². The molecule has 15 heavy (non-hydrogen) atoms. The lowest BCUT2D eigenvalue weighted by molar-refractivity contribution is -0.148. The van der Waals surface area contributed by atoms with Gasteiger partial charge in [0.05, 0.1) is 11.5 Å². The van der Waals surface area contributed by atoms with E-state index >= 15 is 0 Å². The summed E-state index contributed by atoms with van der Waals surface area (Å²) in [5, 5.41) is 18.6. The first-order valence-corrected chi connectivity index (χ1v) is 5.70. The van der Waals surface area contributed by atoms with Gasteiger partial charge in [-0.05, 0) is 32.1 Å². The standard InChI is InChI=1S/C12H20O3/c1-2-3-4-7-12(11(14)15)8-5-10(13)6-9-12/h4,7,10,13H,2-3,5-6,8-9H2,1H3,(H,14,15)/b7-4+. The van der Waals surface area contributed by atoms with Gasteiger partial charge >= 0.3 is 5.97 Å². The zero-order valence-electron chi connectivity index (χ0n) is 9.28.